The maximum Gasteiger partial charge on any atom is 0.338 e. The van der Waals surface area contributed by atoms with Gasteiger partial charge in [-0.2, -0.15) is 0 Å². The Morgan fingerprint density at radius 1 is 1.42 bits per heavy atom. The molecule has 0 aliphatic carbocycles. The van der Waals surface area contributed by atoms with Crippen LogP contribution in [0.3, 0.4) is 0 Å². The second-order valence-corrected chi connectivity index (χ2v) is 4.23. The lowest BCUT2D eigenvalue weighted by Gasteiger charge is -2.07. The Morgan fingerprint density at radius 2 is 2.11 bits per heavy atom. The SMILES string of the molecule is CCOC(=O)c1ccc([N+](=O)[O-])cc1CC(=O)CBr. The largest absolute Gasteiger partial charge is 0.462 e. The van der Waals surface area contributed by atoms with Crippen LogP contribution in [0.15, 0.2) is 18.2 Å². The summed E-state index contributed by atoms with van der Waals surface area (Å²) in [5.41, 5.74) is 0.323. The van der Waals surface area contributed by atoms with Crippen LogP contribution in [0, 0.1) is 10.1 Å². The Kier molecular flexibility index (Phi) is 5.62. The molecule has 102 valence electrons. The number of rotatable bonds is 6. The highest BCUT2D eigenvalue weighted by Gasteiger charge is 2.18. The number of nitrogens with zero attached hydrogens (tertiary/aromatic N) is 1. The summed E-state index contributed by atoms with van der Waals surface area (Å²) < 4.78 is 4.85. The van der Waals surface area contributed by atoms with E-state index in [-0.39, 0.29) is 35.4 Å². The van der Waals surface area contributed by atoms with E-state index in [0.717, 1.165) is 0 Å². The fraction of sp³-hybridized carbons (Fsp3) is 0.333. The third kappa shape index (κ3) is 4.13. The van der Waals surface area contributed by atoms with Crippen LogP contribution in [-0.4, -0.2) is 28.6 Å². The molecule has 7 heteroatoms. The van der Waals surface area contributed by atoms with Gasteiger partial charge in [0, 0.05) is 18.6 Å². The molecule has 0 heterocycles. The van der Waals surface area contributed by atoms with Gasteiger partial charge in [-0.25, -0.2) is 4.79 Å². The van der Waals surface area contributed by atoms with Crippen LogP contribution in [0.1, 0.15) is 22.8 Å². The molecule has 0 unspecified atom stereocenters. The summed E-state index contributed by atoms with van der Waals surface area (Å²) in [4.78, 5) is 33.3. The van der Waals surface area contributed by atoms with E-state index in [2.05, 4.69) is 15.9 Å². The van der Waals surface area contributed by atoms with Gasteiger partial charge in [-0.15, -0.1) is 0 Å². The van der Waals surface area contributed by atoms with Gasteiger partial charge in [0.1, 0.15) is 5.78 Å². The zero-order chi connectivity index (χ0) is 14.4. The summed E-state index contributed by atoms with van der Waals surface area (Å²) in [6.07, 6.45) is -0.0545. The van der Waals surface area contributed by atoms with Crippen molar-refractivity contribution >= 4 is 33.4 Å². The molecule has 0 atom stereocenters. The zero-order valence-corrected chi connectivity index (χ0v) is 11.8. The predicted octanol–water partition coefficient (Wildman–Crippen LogP) is 2.28. The number of ketones is 1. The molecule has 0 N–H and O–H groups in total. The summed E-state index contributed by atoms with van der Waals surface area (Å²) in [5.74, 6) is -0.763. The number of hydrogen-bond acceptors (Lipinski definition) is 5. The molecular weight excluding hydrogens is 318 g/mol. The molecule has 0 aromatic heterocycles. The highest BCUT2D eigenvalue weighted by molar-refractivity contribution is 9.09. The van der Waals surface area contributed by atoms with Gasteiger partial charge in [-0.05, 0) is 18.6 Å². The van der Waals surface area contributed by atoms with Crippen molar-refractivity contribution in [1.29, 1.82) is 0 Å². The first-order chi connectivity index (χ1) is 8.99. The first-order valence-electron chi connectivity index (χ1n) is 5.51. The first-order valence-corrected chi connectivity index (χ1v) is 6.63. The minimum Gasteiger partial charge on any atom is -0.462 e. The number of benzene rings is 1. The molecule has 19 heavy (non-hydrogen) atoms. The van der Waals surface area contributed by atoms with Crippen molar-refractivity contribution in [3.63, 3.8) is 0 Å². The quantitative estimate of drug-likeness (QED) is 0.346. The van der Waals surface area contributed by atoms with Crippen LogP contribution < -0.4 is 0 Å². The predicted molar refractivity (Wildman–Crippen MR) is 71.6 cm³/mol. The number of Topliss-reactive ketones (excluding diaryl/α,β-unsaturated/α-hetero) is 1. The van der Waals surface area contributed by atoms with Crippen LogP contribution in [-0.2, 0) is 16.0 Å². The first kappa shape index (κ1) is 15.3. The van der Waals surface area contributed by atoms with Crippen LogP contribution in [0.5, 0.6) is 0 Å². The lowest BCUT2D eigenvalue weighted by atomic mass is 10.0. The van der Waals surface area contributed by atoms with Crippen molar-refractivity contribution in [3.05, 3.63) is 39.4 Å². The Morgan fingerprint density at radius 3 is 2.63 bits per heavy atom. The molecule has 6 nitrogen and oxygen atoms in total. The minimum absolute atomic E-state index is 0.0545. The van der Waals surface area contributed by atoms with Crippen LogP contribution in [0.25, 0.3) is 0 Å². The summed E-state index contributed by atoms with van der Waals surface area (Å²) in [6.45, 7) is 1.86. The van der Waals surface area contributed by atoms with E-state index in [1.54, 1.807) is 6.92 Å². The molecule has 0 spiro atoms. The van der Waals surface area contributed by atoms with E-state index >= 15 is 0 Å². The highest BCUT2D eigenvalue weighted by Crippen LogP contribution is 2.20. The van der Waals surface area contributed by atoms with Gasteiger partial charge < -0.3 is 4.74 Å². The second-order valence-electron chi connectivity index (χ2n) is 3.67. The number of esters is 1. The molecule has 0 amide bonds. The normalized spacial score (nSPS) is 10.0. The average molecular weight is 330 g/mol. The van der Waals surface area contributed by atoms with Gasteiger partial charge in [-0.1, -0.05) is 15.9 Å². The van der Waals surface area contributed by atoms with E-state index < -0.39 is 10.9 Å². The maximum atomic E-state index is 11.7. The van der Waals surface area contributed by atoms with Gasteiger partial charge in [0.05, 0.1) is 22.4 Å². The Labute approximate surface area is 118 Å². The Balaban J connectivity index is 3.18. The highest BCUT2D eigenvalue weighted by atomic mass is 79.9. The van der Waals surface area contributed by atoms with Crippen molar-refractivity contribution in [1.82, 2.24) is 0 Å². The van der Waals surface area contributed by atoms with Crippen LogP contribution in [0.2, 0.25) is 0 Å². The lowest BCUT2D eigenvalue weighted by molar-refractivity contribution is -0.384. The number of alkyl halides is 1. The van der Waals surface area contributed by atoms with E-state index in [1.807, 2.05) is 0 Å². The average Bonchev–Trinajstić information content (AvgIpc) is 2.38. The van der Waals surface area contributed by atoms with Crippen molar-refractivity contribution in [3.8, 4) is 0 Å². The van der Waals surface area contributed by atoms with Gasteiger partial charge in [-0.3, -0.25) is 14.9 Å². The molecule has 0 saturated carbocycles. The fourth-order valence-electron chi connectivity index (χ4n) is 1.51. The van der Waals surface area contributed by atoms with Gasteiger partial charge in [0.15, 0.2) is 0 Å². The molecule has 0 radical (unpaired) electrons. The second kappa shape index (κ2) is 6.98. The molecule has 1 rings (SSSR count). The number of ether oxygens (including phenoxy) is 1. The van der Waals surface area contributed by atoms with E-state index in [0.29, 0.717) is 5.56 Å². The van der Waals surface area contributed by atoms with Crippen molar-refractivity contribution < 1.29 is 19.2 Å². The Bertz CT molecular complexity index is 515. The third-order valence-corrected chi connectivity index (χ3v) is 2.96. The van der Waals surface area contributed by atoms with E-state index in [4.69, 9.17) is 4.74 Å². The zero-order valence-electron chi connectivity index (χ0n) is 10.2. The number of nitro benzene ring substituents is 1. The number of nitro groups is 1. The van der Waals surface area contributed by atoms with Crippen molar-refractivity contribution in [2.45, 2.75) is 13.3 Å². The molecule has 1 aromatic carbocycles. The summed E-state index contributed by atoms with van der Waals surface area (Å²) in [6, 6.07) is 3.76. The molecule has 0 saturated heterocycles. The fourth-order valence-corrected chi connectivity index (χ4v) is 1.71. The smallest absolute Gasteiger partial charge is 0.338 e. The van der Waals surface area contributed by atoms with Crippen molar-refractivity contribution in [2.24, 2.45) is 0 Å². The molecule has 0 bridgehead atoms. The number of carbonyl (C=O) groups excluding carboxylic acids is 2. The summed E-state index contributed by atoms with van der Waals surface area (Å²) in [7, 11) is 0. The monoisotopic (exact) mass is 329 g/mol. The maximum absolute atomic E-state index is 11.7. The number of halogens is 1. The third-order valence-electron chi connectivity index (χ3n) is 2.33. The summed E-state index contributed by atoms with van der Waals surface area (Å²) >= 11 is 3.01. The van der Waals surface area contributed by atoms with Gasteiger partial charge in [0.25, 0.3) is 5.69 Å². The molecular formula is C12H12BrNO5. The van der Waals surface area contributed by atoms with Crippen molar-refractivity contribution in [2.75, 3.05) is 11.9 Å². The molecule has 1 aromatic rings. The minimum atomic E-state index is -0.588. The van der Waals surface area contributed by atoms with Crippen LogP contribution >= 0.6 is 15.9 Å². The van der Waals surface area contributed by atoms with E-state index in [9.17, 15) is 19.7 Å². The topological polar surface area (TPSA) is 86.5 Å². The number of carbonyl (C=O) groups is 2. The number of hydrogen-bond donors (Lipinski definition) is 0. The number of non-ortho nitro benzene ring substituents is 1. The van der Waals surface area contributed by atoms with Gasteiger partial charge in [0.2, 0.25) is 0 Å². The molecule has 0 aliphatic heterocycles. The molecule has 0 aliphatic rings. The standard InChI is InChI=1S/C12H12BrNO5/c1-2-19-12(16)11-4-3-9(14(17)18)5-8(11)6-10(15)7-13/h3-5H,2,6-7H2,1H3. The lowest BCUT2D eigenvalue weighted by Crippen LogP contribution is -2.12. The van der Waals surface area contributed by atoms with E-state index in [1.165, 1.54) is 18.2 Å². The van der Waals surface area contributed by atoms with Crippen LogP contribution in [0.4, 0.5) is 5.69 Å². The Hall–Kier alpha value is -1.76. The summed E-state index contributed by atoms with van der Waals surface area (Å²) in [5, 5.41) is 10.8. The van der Waals surface area contributed by atoms with Gasteiger partial charge >= 0.3 is 5.97 Å². The molecule has 0 fully saturated rings.